The van der Waals surface area contributed by atoms with Crippen molar-refractivity contribution < 1.29 is 13.6 Å². The Morgan fingerprint density at radius 1 is 1.29 bits per heavy atom. The third-order valence-electron chi connectivity index (χ3n) is 4.32. The van der Waals surface area contributed by atoms with E-state index in [1.54, 1.807) is 0 Å². The van der Waals surface area contributed by atoms with Crippen LogP contribution in [-0.4, -0.2) is 18.0 Å². The van der Waals surface area contributed by atoms with E-state index in [9.17, 15) is 13.6 Å². The van der Waals surface area contributed by atoms with Crippen LogP contribution in [0.3, 0.4) is 0 Å². The molecule has 2 aliphatic rings. The minimum atomic E-state index is -0.763. The van der Waals surface area contributed by atoms with E-state index < -0.39 is 11.6 Å². The number of halogens is 3. The highest BCUT2D eigenvalue weighted by Crippen LogP contribution is 2.33. The van der Waals surface area contributed by atoms with Crippen molar-refractivity contribution in [2.75, 3.05) is 5.32 Å². The maximum absolute atomic E-state index is 13.7. The average molecular weight is 359 g/mol. The number of hydrogen-bond acceptors (Lipinski definition) is 2. The quantitative estimate of drug-likeness (QED) is 0.866. The van der Waals surface area contributed by atoms with Gasteiger partial charge in [-0.15, -0.1) is 0 Å². The Kier molecular flexibility index (Phi) is 4.26. The van der Waals surface area contributed by atoms with Crippen LogP contribution in [0.5, 0.6) is 0 Å². The summed E-state index contributed by atoms with van der Waals surface area (Å²) in [6, 6.07) is 2.96. The highest BCUT2D eigenvalue weighted by atomic mass is 79.9. The highest BCUT2D eigenvalue weighted by molar-refractivity contribution is 9.10. The van der Waals surface area contributed by atoms with E-state index in [1.807, 2.05) is 0 Å². The molecule has 1 amide bonds. The molecule has 2 N–H and O–H groups in total. The fourth-order valence-corrected chi connectivity index (χ4v) is 3.96. The van der Waals surface area contributed by atoms with Crippen LogP contribution in [0.1, 0.15) is 32.1 Å². The molecule has 2 bridgehead atoms. The van der Waals surface area contributed by atoms with Gasteiger partial charge in [0.1, 0.15) is 5.82 Å². The van der Waals surface area contributed by atoms with Gasteiger partial charge in [0, 0.05) is 29.0 Å². The molecule has 1 aromatic rings. The molecule has 1 aromatic carbocycles. The van der Waals surface area contributed by atoms with E-state index in [2.05, 4.69) is 26.6 Å². The van der Waals surface area contributed by atoms with Gasteiger partial charge in [-0.25, -0.2) is 8.78 Å². The van der Waals surface area contributed by atoms with Crippen LogP contribution in [0.25, 0.3) is 0 Å². The van der Waals surface area contributed by atoms with Gasteiger partial charge in [0.05, 0.1) is 5.69 Å². The van der Waals surface area contributed by atoms with E-state index >= 15 is 0 Å². The lowest BCUT2D eigenvalue weighted by atomic mass is 9.89. The number of carbonyl (C=O) groups excluding carboxylic acids is 1. The third kappa shape index (κ3) is 3.43. The fourth-order valence-electron chi connectivity index (χ4n) is 3.46. The molecule has 3 nitrogen and oxygen atoms in total. The summed E-state index contributed by atoms with van der Waals surface area (Å²) in [4.78, 5) is 12.1. The number of amides is 1. The molecule has 0 aliphatic carbocycles. The molecule has 0 saturated carbocycles. The van der Waals surface area contributed by atoms with E-state index in [1.165, 1.54) is 12.8 Å². The first-order valence-corrected chi connectivity index (χ1v) is 8.01. The summed E-state index contributed by atoms with van der Waals surface area (Å²) in [5.41, 5.74) is 0.0123. The van der Waals surface area contributed by atoms with Crippen molar-refractivity contribution in [1.82, 2.24) is 5.32 Å². The molecule has 2 fully saturated rings. The molecule has 0 radical (unpaired) electrons. The SMILES string of the molecule is O=C(CC1CC2CCC(C1)N2)Nc1c(F)cc(F)cc1Br. The van der Waals surface area contributed by atoms with Crippen molar-refractivity contribution in [3.63, 3.8) is 0 Å². The molecular formula is C15H17BrF2N2O. The second kappa shape index (κ2) is 6.01. The number of fused-ring (bicyclic) bond motifs is 2. The lowest BCUT2D eigenvalue weighted by molar-refractivity contribution is -0.117. The van der Waals surface area contributed by atoms with Gasteiger partial charge in [-0.3, -0.25) is 4.79 Å². The third-order valence-corrected chi connectivity index (χ3v) is 4.94. The summed E-state index contributed by atoms with van der Waals surface area (Å²) in [5.74, 6) is -1.31. The van der Waals surface area contributed by atoms with Crippen molar-refractivity contribution in [3.05, 3.63) is 28.2 Å². The first-order valence-electron chi connectivity index (χ1n) is 7.21. The summed E-state index contributed by atoms with van der Waals surface area (Å²) in [7, 11) is 0. The Hall–Kier alpha value is -1.01. The lowest BCUT2D eigenvalue weighted by Gasteiger charge is -2.28. The van der Waals surface area contributed by atoms with Crippen LogP contribution < -0.4 is 10.6 Å². The number of carbonyl (C=O) groups is 1. The molecule has 2 saturated heterocycles. The molecule has 3 rings (SSSR count). The van der Waals surface area contributed by atoms with Crippen molar-refractivity contribution in [1.29, 1.82) is 0 Å². The van der Waals surface area contributed by atoms with Gasteiger partial charge in [-0.05, 0) is 53.6 Å². The minimum Gasteiger partial charge on any atom is -0.323 e. The predicted octanol–water partition coefficient (Wildman–Crippen LogP) is 3.59. The van der Waals surface area contributed by atoms with Gasteiger partial charge in [-0.2, -0.15) is 0 Å². The second-order valence-corrected chi connectivity index (χ2v) is 6.83. The minimum absolute atomic E-state index is 0.0123. The van der Waals surface area contributed by atoms with Crippen molar-refractivity contribution in [2.45, 2.75) is 44.2 Å². The van der Waals surface area contributed by atoms with Crippen LogP contribution in [0.4, 0.5) is 14.5 Å². The monoisotopic (exact) mass is 358 g/mol. The number of piperidine rings is 1. The summed E-state index contributed by atoms with van der Waals surface area (Å²) in [6.45, 7) is 0. The molecule has 21 heavy (non-hydrogen) atoms. The fraction of sp³-hybridized carbons (Fsp3) is 0.533. The first-order chi connectivity index (χ1) is 10.0. The molecule has 2 unspecified atom stereocenters. The van der Waals surface area contributed by atoms with E-state index in [-0.39, 0.29) is 16.1 Å². The lowest BCUT2D eigenvalue weighted by Crippen LogP contribution is -2.39. The number of rotatable bonds is 3. The van der Waals surface area contributed by atoms with E-state index in [0.717, 1.165) is 25.0 Å². The molecule has 6 heteroatoms. The average Bonchev–Trinajstić information content (AvgIpc) is 2.73. The smallest absolute Gasteiger partial charge is 0.224 e. The Morgan fingerprint density at radius 2 is 1.95 bits per heavy atom. The van der Waals surface area contributed by atoms with Crippen LogP contribution in [0.2, 0.25) is 0 Å². The van der Waals surface area contributed by atoms with Crippen LogP contribution in [0, 0.1) is 17.6 Å². The topological polar surface area (TPSA) is 41.1 Å². The first kappa shape index (κ1) is 14.9. The van der Waals surface area contributed by atoms with Gasteiger partial charge in [-0.1, -0.05) is 0 Å². The molecule has 2 aliphatic heterocycles. The predicted molar refractivity (Wildman–Crippen MR) is 80.0 cm³/mol. The summed E-state index contributed by atoms with van der Waals surface area (Å²) < 4.78 is 26.9. The van der Waals surface area contributed by atoms with Crippen LogP contribution in [-0.2, 0) is 4.79 Å². The van der Waals surface area contributed by atoms with E-state index in [0.29, 0.717) is 24.4 Å². The number of nitrogens with one attached hydrogen (secondary N) is 2. The van der Waals surface area contributed by atoms with E-state index in [4.69, 9.17) is 0 Å². The molecule has 2 atom stereocenters. The van der Waals surface area contributed by atoms with Gasteiger partial charge in [0.15, 0.2) is 5.82 Å². The maximum atomic E-state index is 13.7. The van der Waals surface area contributed by atoms with Crippen molar-refractivity contribution in [3.8, 4) is 0 Å². The van der Waals surface area contributed by atoms with Gasteiger partial charge in [0.2, 0.25) is 5.91 Å². The Bertz CT molecular complexity index is 532. The zero-order chi connectivity index (χ0) is 15.0. The number of benzene rings is 1. The summed E-state index contributed by atoms with van der Waals surface area (Å²) >= 11 is 3.08. The normalized spacial score (nSPS) is 27.7. The maximum Gasteiger partial charge on any atom is 0.224 e. The van der Waals surface area contributed by atoms with Crippen LogP contribution in [0.15, 0.2) is 16.6 Å². The Morgan fingerprint density at radius 3 is 2.57 bits per heavy atom. The van der Waals surface area contributed by atoms with Gasteiger partial charge in [0.25, 0.3) is 0 Å². The number of hydrogen-bond donors (Lipinski definition) is 2. The van der Waals surface area contributed by atoms with Crippen molar-refractivity contribution >= 4 is 27.5 Å². The molecule has 0 aromatic heterocycles. The molecular weight excluding hydrogens is 342 g/mol. The Balaban J connectivity index is 1.62. The highest BCUT2D eigenvalue weighted by Gasteiger charge is 2.34. The number of anilines is 1. The largest absolute Gasteiger partial charge is 0.323 e. The molecule has 114 valence electrons. The zero-order valence-electron chi connectivity index (χ0n) is 11.5. The Labute approximate surface area is 130 Å². The van der Waals surface area contributed by atoms with Gasteiger partial charge < -0.3 is 10.6 Å². The standard InChI is InChI=1S/C15H17BrF2N2O/c16-12-6-9(17)7-13(18)15(12)20-14(21)5-8-3-10-1-2-11(4-8)19-10/h6-8,10-11,19H,1-5H2,(H,20,21). The van der Waals surface area contributed by atoms with Crippen LogP contribution >= 0.6 is 15.9 Å². The second-order valence-electron chi connectivity index (χ2n) is 5.97. The zero-order valence-corrected chi connectivity index (χ0v) is 13.1. The van der Waals surface area contributed by atoms with Crippen molar-refractivity contribution in [2.24, 2.45) is 5.92 Å². The summed E-state index contributed by atoms with van der Waals surface area (Å²) in [6.07, 6.45) is 4.74. The molecule has 0 spiro atoms. The summed E-state index contributed by atoms with van der Waals surface area (Å²) in [5, 5.41) is 6.08. The molecule has 2 heterocycles. The van der Waals surface area contributed by atoms with Gasteiger partial charge >= 0.3 is 0 Å².